The van der Waals surface area contributed by atoms with Crippen molar-refractivity contribution in [3.05, 3.63) is 24.3 Å². The summed E-state index contributed by atoms with van der Waals surface area (Å²) in [6.07, 6.45) is 28.1. The second-order valence-electron chi connectivity index (χ2n) is 12.9. The van der Waals surface area contributed by atoms with E-state index in [0.29, 0.717) is 17.4 Å². The molecule has 0 heterocycles. The number of phosphoric ester groups is 1. The number of hydrogen-bond donors (Lipinski definition) is 2. The van der Waals surface area contributed by atoms with Gasteiger partial charge in [0.25, 0.3) is 7.82 Å². The van der Waals surface area contributed by atoms with Gasteiger partial charge in [0.2, 0.25) is 5.91 Å². The molecule has 0 aromatic heterocycles. The zero-order chi connectivity index (χ0) is 32.2. The first-order chi connectivity index (χ1) is 20.5. The molecule has 2 N–H and O–H groups in total. The van der Waals surface area contributed by atoms with Crippen LogP contribution in [-0.4, -0.2) is 68.5 Å². The fourth-order valence-corrected chi connectivity index (χ4v) is 5.34. The summed E-state index contributed by atoms with van der Waals surface area (Å²) in [4.78, 5) is 25.0. The number of carbonyl (C=O) groups excluding carboxylic acids is 1. The molecule has 0 aromatic carbocycles. The standard InChI is InChI=1S/C34H67N2O6P/c1-6-8-10-12-14-16-17-18-20-22-24-26-28-34(38)35-32(31-42-43(39,40)41-30-29-36(3,4)5)33(37)27-25-23-21-19-15-13-11-9-7-2/h21,23,25,27,32-33,37H,6-20,22,24,26,28-31H2,1-5H3,(H-,35,38,39,40)/b23-21+,27-25+/t32-,33+/m0/s1. The van der Waals surface area contributed by atoms with Crippen LogP contribution in [0.15, 0.2) is 24.3 Å². The molecule has 0 saturated heterocycles. The van der Waals surface area contributed by atoms with Gasteiger partial charge < -0.3 is 28.8 Å². The van der Waals surface area contributed by atoms with E-state index in [1.165, 1.54) is 83.5 Å². The van der Waals surface area contributed by atoms with Crippen molar-refractivity contribution in [2.75, 3.05) is 40.9 Å². The zero-order valence-corrected chi connectivity index (χ0v) is 29.3. The Morgan fingerprint density at radius 1 is 0.814 bits per heavy atom. The van der Waals surface area contributed by atoms with Crippen molar-refractivity contribution in [3.63, 3.8) is 0 Å². The highest BCUT2D eigenvalue weighted by molar-refractivity contribution is 7.45. The summed E-state index contributed by atoms with van der Waals surface area (Å²) in [5, 5.41) is 13.5. The highest BCUT2D eigenvalue weighted by atomic mass is 31.2. The lowest BCUT2D eigenvalue weighted by Gasteiger charge is -2.29. The molecule has 0 aliphatic rings. The van der Waals surface area contributed by atoms with Crippen LogP contribution in [0.4, 0.5) is 0 Å². The van der Waals surface area contributed by atoms with Crippen molar-refractivity contribution >= 4 is 13.7 Å². The predicted molar refractivity (Wildman–Crippen MR) is 178 cm³/mol. The van der Waals surface area contributed by atoms with E-state index in [9.17, 15) is 19.4 Å². The van der Waals surface area contributed by atoms with Gasteiger partial charge in [0.1, 0.15) is 13.2 Å². The van der Waals surface area contributed by atoms with Crippen molar-refractivity contribution in [3.8, 4) is 0 Å². The Kier molecular flexibility index (Phi) is 26.7. The molecule has 0 fully saturated rings. The number of hydrogen-bond acceptors (Lipinski definition) is 6. The lowest BCUT2D eigenvalue weighted by molar-refractivity contribution is -0.870. The lowest BCUT2D eigenvalue weighted by atomic mass is 10.0. The van der Waals surface area contributed by atoms with Gasteiger partial charge in [-0.15, -0.1) is 0 Å². The number of aliphatic hydroxyl groups excluding tert-OH is 1. The predicted octanol–water partition coefficient (Wildman–Crippen LogP) is 7.60. The van der Waals surface area contributed by atoms with Crippen LogP contribution >= 0.6 is 7.82 Å². The maximum absolute atomic E-state index is 12.7. The van der Waals surface area contributed by atoms with Gasteiger partial charge in [-0.25, -0.2) is 0 Å². The molecule has 0 aliphatic carbocycles. The molecule has 43 heavy (non-hydrogen) atoms. The second-order valence-corrected chi connectivity index (χ2v) is 14.3. The number of rotatable bonds is 30. The Morgan fingerprint density at radius 2 is 1.33 bits per heavy atom. The number of aliphatic hydroxyl groups is 1. The molecule has 9 heteroatoms. The molecule has 0 aliphatic heterocycles. The van der Waals surface area contributed by atoms with E-state index in [4.69, 9.17) is 9.05 Å². The number of nitrogens with one attached hydrogen (secondary N) is 1. The molecular weight excluding hydrogens is 563 g/mol. The Labute approximate surface area is 264 Å². The van der Waals surface area contributed by atoms with Gasteiger partial charge in [-0.1, -0.05) is 134 Å². The van der Waals surface area contributed by atoms with Gasteiger partial charge in [-0.3, -0.25) is 9.36 Å². The minimum Gasteiger partial charge on any atom is -0.756 e. The van der Waals surface area contributed by atoms with Crippen LogP contribution in [0.3, 0.4) is 0 Å². The lowest BCUT2D eigenvalue weighted by Crippen LogP contribution is -2.45. The molecule has 0 radical (unpaired) electrons. The van der Waals surface area contributed by atoms with Gasteiger partial charge in [-0.05, 0) is 19.3 Å². The van der Waals surface area contributed by atoms with Crippen LogP contribution in [0.5, 0.6) is 0 Å². The van der Waals surface area contributed by atoms with Crippen LogP contribution in [0.25, 0.3) is 0 Å². The summed E-state index contributed by atoms with van der Waals surface area (Å²) in [6, 6.07) is -0.909. The monoisotopic (exact) mass is 630 g/mol. The SMILES string of the molecule is CCCCCCC/C=C/C=C/[C@@H](O)[C@H](COP(=O)([O-])OCC[N+](C)(C)C)NC(=O)CCCCCCCCCCCCCC. The topological polar surface area (TPSA) is 108 Å². The fourth-order valence-electron chi connectivity index (χ4n) is 4.62. The van der Waals surface area contributed by atoms with Crippen molar-refractivity contribution < 1.29 is 32.9 Å². The molecule has 8 nitrogen and oxygen atoms in total. The molecule has 0 spiro atoms. The highest BCUT2D eigenvalue weighted by Crippen LogP contribution is 2.38. The van der Waals surface area contributed by atoms with E-state index in [1.807, 2.05) is 27.2 Å². The first kappa shape index (κ1) is 42.0. The van der Waals surface area contributed by atoms with Crippen LogP contribution < -0.4 is 10.2 Å². The second kappa shape index (κ2) is 27.3. The molecule has 3 atom stereocenters. The number of unbranched alkanes of at least 4 members (excludes halogenated alkanes) is 16. The highest BCUT2D eigenvalue weighted by Gasteiger charge is 2.23. The van der Waals surface area contributed by atoms with E-state index in [0.717, 1.165) is 32.1 Å². The molecule has 0 bridgehead atoms. The van der Waals surface area contributed by atoms with Crippen LogP contribution in [-0.2, 0) is 18.4 Å². The first-order valence-electron chi connectivity index (χ1n) is 17.2. The minimum absolute atomic E-state index is 0.00798. The largest absolute Gasteiger partial charge is 0.756 e. The van der Waals surface area contributed by atoms with Crippen LogP contribution in [0.1, 0.15) is 136 Å². The molecular formula is C34H67N2O6P. The van der Waals surface area contributed by atoms with Gasteiger partial charge in [0.15, 0.2) is 0 Å². The van der Waals surface area contributed by atoms with Gasteiger partial charge >= 0.3 is 0 Å². The van der Waals surface area contributed by atoms with E-state index >= 15 is 0 Å². The summed E-state index contributed by atoms with van der Waals surface area (Å²) < 4.78 is 22.9. The molecule has 1 unspecified atom stereocenters. The van der Waals surface area contributed by atoms with Crippen molar-refractivity contribution in [1.82, 2.24) is 5.32 Å². The maximum Gasteiger partial charge on any atom is 0.268 e. The van der Waals surface area contributed by atoms with E-state index in [-0.39, 0.29) is 12.5 Å². The maximum atomic E-state index is 12.7. The number of amides is 1. The zero-order valence-electron chi connectivity index (χ0n) is 28.4. The quantitative estimate of drug-likeness (QED) is 0.0366. The van der Waals surface area contributed by atoms with Crippen LogP contribution in [0.2, 0.25) is 0 Å². The van der Waals surface area contributed by atoms with E-state index in [1.54, 1.807) is 12.2 Å². The third kappa shape index (κ3) is 29.5. The first-order valence-corrected chi connectivity index (χ1v) is 18.7. The van der Waals surface area contributed by atoms with E-state index in [2.05, 4.69) is 25.2 Å². The van der Waals surface area contributed by atoms with Gasteiger partial charge in [0.05, 0.1) is 39.9 Å². The Hall–Kier alpha value is -1.02. The van der Waals surface area contributed by atoms with E-state index < -0.39 is 26.6 Å². The molecule has 1 amide bonds. The summed E-state index contributed by atoms with van der Waals surface area (Å²) >= 11 is 0. The average molecular weight is 631 g/mol. The average Bonchev–Trinajstić information content (AvgIpc) is 2.94. The number of nitrogens with zero attached hydrogens (tertiary/aromatic N) is 1. The minimum atomic E-state index is -4.58. The summed E-state index contributed by atoms with van der Waals surface area (Å²) in [5.74, 6) is -0.220. The van der Waals surface area contributed by atoms with Crippen molar-refractivity contribution in [2.45, 2.75) is 148 Å². The summed E-state index contributed by atoms with van der Waals surface area (Å²) in [5.41, 5.74) is 0. The summed E-state index contributed by atoms with van der Waals surface area (Å²) in [7, 11) is 1.23. The Balaban J connectivity index is 4.63. The van der Waals surface area contributed by atoms with Crippen LogP contribution in [0, 0.1) is 0 Å². The number of carbonyl (C=O) groups is 1. The number of likely N-dealkylation sites (N-methyl/N-ethyl adjacent to an activating group) is 1. The molecule has 0 rings (SSSR count). The van der Waals surface area contributed by atoms with Crippen molar-refractivity contribution in [1.29, 1.82) is 0 Å². The Bertz CT molecular complexity index is 768. The third-order valence-electron chi connectivity index (χ3n) is 7.47. The number of allylic oxidation sites excluding steroid dienone is 3. The third-order valence-corrected chi connectivity index (χ3v) is 8.43. The summed E-state index contributed by atoms with van der Waals surface area (Å²) in [6.45, 7) is 4.53. The molecule has 0 saturated carbocycles. The normalized spacial score (nSPS) is 15.2. The van der Waals surface area contributed by atoms with Gasteiger partial charge in [-0.2, -0.15) is 0 Å². The molecule has 0 aromatic rings. The smallest absolute Gasteiger partial charge is 0.268 e. The number of phosphoric acid groups is 1. The van der Waals surface area contributed by atoms with Gasteiger partial charge in [0, 0.05) is 6.42 Å². The fraction of sp³-hybridized carbons (Fsp3) is 0.853. The number of quaternary nitrogens is 1. The van der Waals surface area contributed by atoms with Crippen molar-refractivity contribution in [2.24, 2.45) is 0 Å². The Morgan fingerprint density at radius 3 is 1.86 bits per heavy atom. The molecule has 254 valence electrons.